The third-order valence-electron chi connectivity index (χ3n) is 3.60. The van der Waals surface area contributed by atoms with Crippen LogP contribution in [0.2, 0.25) is 0 Å². The second kappa shape index (κ2) is 11.4. The number of aromatic nitrogens is 3. The molecule has 0 fully saturated rings. The number of halogens is 3. The fourth-order valence-electron chi connectivity index (χ4n) is 2.27. The Morgan fingerprint density at radius 3 is 2.84 bits per heavy atom. The van der Waals surface area contributed by atoms with E-state index in [1.165, 1.54) is 6.07 Å². The van der Waals surface area contributed by atoms with Gasteiger partial charge in [-0.3, -0.25) is 4.99 Å². The maximum Gasteiger partial charge on any atom is 0.191 e. The quantitative estimate of drug-likeness (QED) is 0.253. The molecular formula is C16H23BrFIN6. The molecule has 0 amide bonds. The highest BCUT2D eigenvalue weighted by Crippen LogP contribution is 2.16. The Morgan fingerprint density at radius 1 is 1.36 bits per heavy atom. The first-order chi connectivity index (χ1) is 11.6. The number of benzene rings is 1. The van der Waals surface area contributed by atoms with Crippen LogP contribution in [-0.4, -0.2) is 34.3 Å². The summed E-state index contributed by atoms with van der Waals surface area (Å²) >= 11 is 3.26. The molecule has 0 unspecified atom stereocenters. The second-order valence-electron chi connectivity index (χ2n) is 5.23. The predicted molar refractivity (Wildman–Crippen MR) is 112 cm³/mol. The van der Waals surface area contributed by atoms with Crippen LogP contribution in [0.25, 0.3) is 0 Å². The van der Waals surface area contributed by atoms with E-state index in [0.717, 1.165) is 28.8 Å². The Morgan fingerprint density at radius 2 is 2.16 bits per heavy atom. The van der Waals surface area contributed by atoms with Crippen LogP contribution in [-0.2, 0) is 19.5 Å². The van der Waals surface area contributed by atoms with Crippen LogP contribution in [0.3, 0.4) is 0 Å². The van der Waals surface area contributed by atoms with E-state index >= 15 is 0 Å². The minimum Gasteiger partial charge on any atom is -0.356 e. The fraction of sp³-hybridized carbons (Fsp3) is 0.438. The van der Waals surface area contributed by atoms with Crippen molar-refractivity contribution in [3.8, 4) is 0 Å². The summed E-state index contributed by atoms with van der Waals surface area (Å²) in [5.41, 5.74) is 0.721. The van der Waals surface area contributed by atoms with Gasteiger partial charge in [0.1, 0.15) is 12.1 Å². The molecule has 0 aliphatic heterocycles. The molecule has 0 spiro atoms. The van der Waals surface area contributed by atoms with Gasteiger partial charge in [-0.05, 0) is 37.5 Å². The van der Waals surface area contributed by atoms with Gasteiger partial charge in [0.25, 0.3) is 0 Å². The summed E-state index contributed by atoms with van der Waals surface area (Å²) < 4.78 is 16.5. The second-order valence-corrected chi connectivity index (χ2v) is 6.14. The molecule has 1 aromatic carbocycles. The lowest BCUT2D eigenvalue weighted by molar-refractivity contribution is 0.601. The normalized spacial score (nSPS) is 11.1. The zero-order valence-corrected chi connectivity index (χ0v) is 18.2. The Hall–Kier alpha value is -1.23. The largest absolute Gasteiger partial charge is 0.356 e. The van der Waals surface area contributed by atoms with E-state index in [1.54, 1.807) is 13.4 Å². The molecule has 0 radical (unpaired) electrons. The molecule has 25 heavy (non-hydrogen) atoms. The maximum absolute atomic E-state index is 13.8. The molecule has 0 bridgehead atoms. The van der Waals surface area contributed by atoms with Crippen molar-refractivity contribution < 1.29 is 4.39 Å². The number of hydrogen-bond acceptors (Lipinski definition) is 3. The van der Waals surface area contributed by atoms with Crippen LogP contribution >= 0.6 is 39.9 Å². The number of guanidine groups is 1. The van der Waals surface area contributed by atoms with E-state index in [1.807, 2.05) is 23.6 Å². The zero-order chi connectivity index (χ0) is 17.4. The van der Waals surface area contributed by atoms with Crippen LogP contribution in [0.1, 0.15) is 24.7 Å². The third-order valence-corrected chi connectivity index (χ3v) is 4.10. The first-order valence-electron chi connectivity index (χ1n) is 7.89. The highest BCUT2D eigenvalue weighted by molar-refractivity contribution is 14.0. The molecule has 0 aliphatic carbocycles. The molecule has 0 atom stereocenters. The Balaban J connectivity index is 0.00000312. The van der Waals surface area contributed by atoms with Gasteiger partial charge in [0.05, 0.1) is 6.54 Å². The molecular weight excluding hydrogens is 502 g/mol. The first kappa shape index (κ1) is 21.8. The smallest absolute Gasteiger partial charge is 0.191 e. The lowest BCUT2D eigenvalue weighted by atomic mass is 10.1. The molecule has 2 aromatic rings. The van der Waals surface area contributed by atoms with Crippen LogP contribution in [0.5, 0.6) is 0 Å². The molecule has 6 nitrogen and oxygen atoms in total. The minimum atomic E-state index is -0.175. The van der Waals surface area contributed by atoms with Crippen molar-refractivity contribution in [1.29, 1.82) is 0 Å². The van der Waals surface area contributed by atoms with Gasteiger partial charge < -0.3 is 15.2 Å². The van der Waals surface area contributed by atoms with Gasteiger partial charge in [0, 0.05) is 24.6 Å². The van der Waals surface area contributed by atoms with E-state index in [-0.39, 0.29) is 29.8 Å². The standard InChI is InChI=1S/C16H22BrFN6.HI/c1-3-24-11-22-23-15(24)10-21-16(19-2)20-8-4-5-12-6-7-13(17)9-14(12)18;/h6-7,9,11H,3-5,8,10H2,1-2H3,(H2,19,20,21);1H. The van der Waals surface area contributed by atoms with Crippen LogP contribution in [0.15, 0.2) is 34.0 Å². The Bertz CT molecular complexity index is 691. The number of nitrogens with one attached hydrogen (secondary N) is 2. The summed E-state index contributed by atoms with van der Waals surface area (Å²) in [4.78, 5) is 4.17. The molecule has 0 saturated carbocycles. The van der Waals surface area contributed by atoms with E-state index in [4.69, 9.17) is 0 Å². The van der Waals surface area contributed by atoms with Gasteiger partial charge >= 0.3 is 0 Å². The van der Waals surface area contributed by atoms with Crippen molar-refractivity contribution in [2.24, 2.45) is 4.99 Å². The average molecular weight is 525 g/mol. The highest BCUT2D eigenvalue weighted by Gasteiger charge is 2.05. The van der Waals surface area contributed by atoms with Crippen LogP contribution < -0.4 is 10.6 Å². The van der Waals surface area contributed by atoms with Crippen molar-refractivity contribution in [3.05, 3.63) is 46.2 Å². The summed E-state index contributed by atoms with van der Waals surface area (Å²) in [6.45, 7) is 4.13. The topological polar surface area (TPSA) is 67.1 Å². The molecule has 2 rings (SSSR count). The van der Waals surface area contributed by atoms with Crippen molar-refractivity contribution in [2.75, 3.05) is 13.6 Å². The Kier molecular flexibility index (Phi) is 9.94. The number of hydrogen-bond donors (Lipinski definition) is 2. The van der Waals surface area contributed by atoms with Crippen molar-refractivity contribution >= 4 is 45.9 Å². The number of nitrogens with zero attached hydrogens (tertiary/aromatic N) is 4. The molecule has 0 aliphatic rings. The summed E-state index contributed by atoms with van der Waals surface area (Å²) in [6, 6.07) is 5.16. The summed E-state index contributed by atoms with van der Waals surface area (Å²) in [7, 11) is 1.72. The molecule has 1 heterocycles. The predicted octanol–water partition coefficient (Wildman–Crippen LogP) is 3.12. The molecule has 0 saturated heterocycles. The van der Waals surface area contributed by atoms with Crippen molar-refractivity contribution in [3.63, 3.8) is 0 Å². The van der Waals surface area contributed by atoms with Crippen LogP contribution in [0.4, 0.5) is 4.39 Å². The SMILES string of the molecule is CCn1cnnc1CNC(=NC)NCCCc1ccc(Br)cc1F.I. The van der Waals surface area contributed by atoms with E-state index in [9.17, 15) is 4.39 Å². The number of rotatable bonds is 7. The van der Waals surface area contributed by atoms with Crippen molar-refractivity contribution in [2.45, 2.75) is 32.9 Å². The highest BCUT2D eigenvalue weighted by atomic mass is 127. The number of aryl methyl sites for hydroxylation is 2. The van der Waals surface area contributed by atoms with Gasteiger partial charge in [-0.2, -0.15) is 0 Å². The van der Waals surface area contributed by atoms with Gasteiger partial charge in [0.2, 0.25) is 0 Å². The van der Waals surface area contributed by atoms with Gasteiger partial charge in [-0.1, -0.05) is 22.0 Å². The lowest BCUT2D eigenvalue weighted by Gasteiger charge is -2.12. The molecule has 2 N–H and O–H groups in total. The average Bonchev–Trinajstić information content (AvgIpc) is 3.03. The van der Waals surface area contributed by atoms with Gasteiger partial charge in [-0.25, -0.2) is 4.39 Å². The van der Waals surface area contributed by atoms with Gasteiger partial charge in [0.15, 0.2) is 11.8 Å². The zero-order valence-electron chi connectivity index (χ0n) is 14.3. The van der Waals surface area contributed by atoms with E-state index < -0.39 is 0 Å². The summed E-state index contributed by atoms with van der Waals surface area (Å²) in [5, 5.41) is 14.4. The third kappa shape index (κ3) is 6.89. The number of aliphatic imine (C=N–C) groups is 1. The molecule has 138 valence electrons. The van der Waals surface area contributed by atoms with Gasteiger partial charge in [-0.15, -0.1) is 34.2 Å². The van der Waals surface area contributed by atoms with E-state index in [0.29, 0.717) is 25.5 Å². The summed E-state index contributed by atoms with van der Waals surface area (Å²) in [5.74, 6) is 1.38. The molecule has 9 heteroatoms. The monoisotopic (exact) mass is 524 g/mol. The minimum absolute atomic E-state index is 0. The maximum atomic E-state index is 13.8. The fourth-order valence-corrected chi connectivity index (χ4v) is 2.61. The summed E-state index contributed by atoms with van der Waals surface area (Å²) in [6.07, 6.45) is 3.19. The first-order valence-corrected chi connectivity index (χ1v) is 8.68. The Labute approximate surface area is 172 Å². The van der Waals surface area contributed by atoms with Crippen molar-refractivity contribution in [1.82, 2.24) is 25.4 Å². The lowest BCUT2D eigenvalue weighted by Crippen LogP contribution is -2.38. The van der Waals surface area contributed by atoms with E-state index in [2.05, 4.69) is 41.8 Å². The van der Waals surface area contributed by atoms with Crippen LogP contribution in [0, 0.1) is 5.82 Å². The molecule has 1 aromatic heterocycles.